The second-order valence-corrected chi connectivity index (χ2v) is 4.02. The molecule has 0 aliphatic carbocycles. The summed E-state index contributed by atoms with van der Waals surface area (Å²) in [6.45, 7) is 1.58. The number of aromatic nitrogens is 2. The molecule has 0 bridgehead atoms. The maximum atomic E-state index is 10.5. The molecule has 1 aliphatic heterocycles. The molecule has 0 aromatic carbocycles. The third-order valence-corrected chi connectivity index (χ3v) is 2.74. The minimum atomic E-state index is -0.801. The molecule has 1 aliphatic rings. The highest BCUT2D eigenvalue weighted by atomic mass is 127. The van der Waals surface area contributed by atoms with Gasteiger partial charge >= 0.3 is 5.97 Å². The lowest BCUT2D eigenvalue weighted by molar-refractivity contribution is -0.135. The van der Waals surface area contributed by atoms with E-state index in [1.54, 1.807) is 6.20 Å². The molecule has 0 saturated heterocycles. The van der Waals surface area contributed by atoms with Gasteiger partial charge < -0.3 is 10.0 Å². The summed E-state index contributed by atoms with van der Waals surface area (Å²) >= 11 is 2.17. The Morgan fingerprint density at radius 1 is 1.69 bits per heavy atom. The summed E-state index contributed by atoms with van der Waals surface area (Å²) in [5.74, 6) is 0.133. The molecule has 6 heteroatoms. The van der Waals surface area contributed by atoms with Crippen LogP contribution in [0.2, 0.25) is 0 Å². The Morgan fingerprint density at radius 3 is 3.15 bits per heavy atom. The number of hydrogen-bond acceptors (Lipinski definition) is 3. The van der Waals surface area contributed by atoms with Gasteiger partial charge in [0.25, 0.3) is 0 Å². The molecule has 13 heavy (non-hydrogen) atoms. The molecule has 0 saturated carbocycles. The Bertz CT molecular complexity index is 350. The molecule has 0 unspecified atom stereocenters. The summed E-state index contributed by atoms with van der Waals surface area (Å²) < 4.78 is 2.85. The topological polar surface area (TPSA) is 58.4 Å². The van der Waals surface area contributed by atoms with Crippen LogP contribution in [0.15, 0.2) is 6.20 Å². The largest absolute Gasteiger partial charge is 0.480 e. The zero-order valence-corrected chi connectivity index (χ0v) is 8.93. The van der Waals surface area contributed by atoms with Crippen molar-refractivity contribution < 1.29 is 9.90 Å². The van der Waals surface area contributed by atoms with Crippen LogP contribution in [0.3, 0.4) is 0 Å². The zero-order valence-electron chi connectivity index (χ0n) is 6.77. The highest BCUT2D eigenvalue weighted by molar-refractivity contribution is 14.1. The second-order valence-electron chi connectivity index (χ2n) is 2.85. The van der Waals surface area contributed by atoms with Crippen LogP contribution in [0.1, 0.15) is 0 Å². The number of halogens is 1. The molecule has 1 N–H and O–H groups in total. The molecule has 5 nitrogen and oxygen atoms in total. The van der Waals surface area contributed by atoms with Crippen molar-refractivity contribution in [2.75, 3.05) is 18.0 Å². The van der Waals surface area contributed by atoms with Crippen molar-refractivity contribution >= 4 is 34.4 Å². The Balaban J connectivity index is 2.26. The number of carbonyl (C=O) groups is 1. The number of aliphatic carboxylic acids is 1. The molecule has 0 spiro atoms. The summed E-state index contributed by atoms with van der Waals surface area (Å²) in [5, 5.41) is 12.8. The predicted octanol–water partition coefficient (Wildman–Crippen LogP) is 0.392. The fraction of sp³-hybridized carbons (Fsp3) is 0.429. The molecule has 2 heterocycles. The molecule has 0 atom stereocenters. The summed E-state index contributed by atoms with van der Waals surface area (Å²) in [6.07, 6.45) is 1.75. The Morgan fingerprint density at radius 2 is 2.46 bits per heavy atom. The molecule has 2 rings (SSSR count). The van der Waals surface area contributed by atoms with E-state index in [1.165, 1.54) is 0 Å². The lowest BCUT2D eigenvalue weighted by atomic mass is 10.5. The lowest BCUT2D eigenvalue weighted by Crippen LogP contribution is -2.27. The van der Waals surface area contributed by atoms with Crippen LogP contribution in [-0.4, -0.2) is 33.9 Å². The van der Waals surface area contributed by atoms with Gasteiger partial charge in [-0.3, -0.25) is 4.79 Å². The van der Waals surface area contributed by atoms with Gasteiger partial charge in [-0.05, 0) is 22.6 Å². The second kappa shape index (κ2) is 3.17. The molecule has 1 aromatic rings. The normalized spacial score (nSPS) is 14.7. The Hall–Kier alpha value is -0.790. The number of nitrogens with zero attached hydrogens (tertiary/aromatic N) is 3. The van der Waals surface area contributed by atoms with Crippen LogP contribution >= 0.6 is 22.6 Å². The van der Waals surface area contributed by atoms with Crippen molar-refractivity contribution in [3.8, 4) is 0 Å². The van der Waals surface area contributed by atoms with Gasteiger partial charge in [0.15, 0.2) is 0 Å². The summed E-state index contributed by atoms with van der Waals surface area (Å²) in [5.41, 5.74) is 0. The average molecular weight is 293 g/mol. The van der Waals surface area contributed by atoms with E-state index < -0.39 is 5.97 Å². The number of carboxylic acid groups (broad SMARTS) is 1. The van der Waals surface area contributed by atoms with E-state index in [9.17, 15) is 4.79 Å². The van der Waals surface area contributed by atoms with Crippen LogP contribution in [0.5, 0.6) is 0 Å². The number of anilines is 1. The fourth-order valence-corrected chi connectivity index (χ4v) is 2.22. The van der Waals surface area contributed by atoms with Crippen molar-refractivity contribution in [2.24, 2.45) is 0 Å². The van der Waals surface area contributed by atoms with E-state index in [0.29, 0.717) is 0 Å². The van der Waals surface area contributed by atoms with Crippen molar-refractivity contribution in [1.29, 1.82) is 0 Å². The monoisotopic (exact) mass is 293 g/mol. The molecule has 70 valence electrons. The number of carboxylic acids is 1. The average Bonchev–Trinajstić information content (AvgIpc) is 2.56. The first-order valence-electron chi connectivity index (χ1n) is 3.86. The lowest BCUT2D eigenvalue weighted by Gasteiger charge is -2.13. The molecular weight excluding hydrogens is 285 g/mol. The SMILES string of the molecule is O=C(O)CN1CCn2ncc(I)c21. The third kappa shape index (κ3) is 1.50. The Labute approximate surface area is 88.5 Å². The summed E-state index contributed by atoms with van der Waals surface area (Å²) in [7, 11) is 0. The molecule has 0 radical (unpaired) electrons. The van der Waals surface area contributed by atoms with Crippen LogP contribution in [0, 0.1) is 3.57 Å². The molecule has 0 amide bonds. The van der Waals surface area contributed by atoms with Gasteiger partial charge in [-0.15, -0.1) is 0 Å². The fourth-order valence-electron chi connectivity index (χ4n) is 1.47. The number of hydrogen-bond donors (Lipinski definition) is 1. The summed E-state index contributed by atoms with van der Waals surface area (Å²) in [6, 6.07) is 0. The maximum absolute atomic E-state index is 10.5. The maximum Gasteiger partial charge on any atom is 0.323 e. The molecule has 1 aromatic heterocycles. The van der Waals surface area contributed by atoms with Gasteiger partial charge in [0.1, 0.15) is 12.4 Å². The van der Waals surface area contributed by atoms with Crippen molar-refractivity contribution in [1.82, 2.24) is 9.78 Å². The van der Waals surface area contributed by atoms with Crippen LogP contribution in [0.25, 0.3) is 0 Å². The quantitative estimate of drug-likeness (QED) is 0.802. The van der Waals surface area contributed by atoms with Gasteiger partial charge in [-0.1, -0.05) is 0 Å². The van der Waals surface area contributed by atoms with E-state index in [1.807, 2.05) is 9.58 Å². The molecule has 0 fully saturated rings. The van der Waals surface area contributed by atoms with Gasteiger partial charge in [0.05, 0.1) is 16.3 Å². The first-order valence-corrected chi connectivity index (χ1v) is 4.94. The zero-order chi connectivity index (χ0) is 9.42. The van der Waals surface area contributed by atoms with Gasteiger partial charge in [-0.2, -0.15) is 5.10 Å². The highest BCUT2D eigenvalue weighted by Gasteiger charge is 2.24. The third-order valence-electron chi connectivity index (χ3n) is 1.98. The summed E-state index contributed by atoms with van der Waals surface area (Å²) in [4.78, 5) is 12.4. The van der Waals surface area contributed by atoms with Crippen molar-refractivity contribution in [3.05, 3.63) is 9.77 Å². The predicted molar refractivity (Wildman–Crippen MR) is 54.8 cm³/mol. The minimum absolute atomic E-state index is 0.0572. The van der Waals surface area contributed by atoms with Crippen molar-refractivity contribution in [3.63, 3.8) is 0 Å². The van der Waals surface area contributed by atoms with Crippen LogP contribution < -0.4 is 4.90 Å². The van der Waals surface area contributed by atoms with E-state index >= 15 is 0 Å². The van der Waals surface area contributed by atoms with E-state index in [2.05, 4.69) is 27.7 Å². The Kier molecular flexibility index (Phi) is 2.14. The molecular formula is C7H8IN3O2. The number of fused-ring (bicyclic) bond motifs is 1. The van der Waals surface area contributed by atoms with E-state index in [-0.39, 0.29) is 6.54 Å². The minimum Gasteiger partial charge on any atom is -0.480 e. The number of rotatable bonds is 2. The standard InChI is InChI=1S/C7H8IN3O2/c8-5-3-9-11-2-1-10(7(5)11)4-6(12)13/h3H,1-2,4H2,(H,12,13). The highest BCUT2D eigenvalue weighted by Crippen LogP contribution is 2.26. The van der Waals surface area contributed by atoms with Gasteiger partial charge in [-0.25, -0.2) is 4.68 Å². The van der Waals surface area contributed by atoms with Crippen LogP contribution in [0.4, 0.5) is 5.82 Å². The first kappa shape index (κ1) is 8.79. The van der Waals surface area contributed by atoms with E-state index in [0.717, 1.165) is 22.5 Å². The van der Waals surface area contributed by atoms with Crippen molar-refractivity contribution in [2.45, 2.75) is 6.54 Å². The van der Waals surface area contributed by atoms with Crippen LogP contribution in [-0.2, 0) is 11.3 Å². The van der Waals surface area contributed by atoms with E-state index in [4.69, 9.17) is 5.11 Å². The smallest absolute Gasteiger partial charge is 0.323 e. The van der Waals surface area contributed by atoms with Gasteiger partial charge in [0, 0.05) is 6.54 Å². The van der Waals surface area contributed by atoms with Gasteiger partial charge in [0.2, 0.25) is 0 Å². The first-order chi connectivity index (χ1) is 6.18.